The van der Waals surface area contributed by atoms with E-state index in [9.17, 15) is 0 Å². The second-order valence-corrected chi connectivity index (χ2v) is 5.24. The SMILES string of the molecule is Clc1ccccc1Cc1ccc(-c2ccccc2)cc1. The van der Waals surface area contributed by atoms with Crippen LogP contribution < -0.4 is 0 Å². The van der Waals surface area contributed by atoms with Crippen molar-refractivity contribution in [2.75, 3.05) is 0 Å². The lowest BCUT2D eigenvalue weighted by atomic mass is 10.0. The zero-order valence-electron chi connectivity index (χ0n) is 11.1. The largest absolute Gasteiger partial charge is 0.0840 e. The van der Waals surface area contributed by atoms with Gasteiger partial charge in [0.15, 0.2) is 0 Å². The third-order valence-electron chi connectivity index (χ3n) is 3.41. The standard InChI is InChI=1S/C19H15Cl/c20-19-9-5-4-8-18(19)14-15-10-12-17(13-11-15)16-6-2-1-3-7-16/h1-13H,14H2. The van der Waals surface area contributed by atoms with Crippen molar-refractivity contribution in [1.82, 2.24) is 0 Å². The van der Waals surface area contributed by atoms with E-state index in [4.69, 9.17) is 11.6 Å². The van der Waals surface area contributed by atoms with Gasteiger partial charge in [0.25, 0.3) is 0 Å². The van der Waals surface area contributed by atoms with Gasteiger partial charge in [-0.05, 0) is 34.7 Å². The van der Waals surface area contributed by atoms with E-state index in [0.29, 0.717) is 0 Å². The molecule has 0 spiro atoms. The van der Waals surface area contributed by atoms with Crippen LogP contribution in [0.25, 0.3) is 11.1 Å². The predicted molar refractivity (Wildman–Crippen MR) is 86.1 cm³/mol. The number of rotatable bonds is 3. The Labute approximate surface area is 124 Å². The van der Waals surface area contributed by atoms with Crippen LogP contribution in [-0.2, 0) is 6.42 Å². The lowest BCUT2D eigenvalue weighted by Gasteiger charge is -2.06. The Morgan fingerprint density at radius 1 is 0.600 bits per heavy atom. The lowest BCUT2D eigenvalue weighted by Crippen LogP contribution is -1.89. The van der Waals surface area contributed by atoms with E-state index in [-0.39, 0.29) is 0 Å². The molecule has 0 aliphatic rings. The van der Waals surface area contributed by atoms with Crippen molar-refractivity contribution < 1.29 is 0 Å². The van der Waals surface area contributed by atoms with Crippen LogP contribution in [0.5, 0.6) is 0 Å². The Kier molecular flexibility index (Phi) is 3.85. The highest BCUT2D eigenvalue weighted by molar-refractivity contribution is 6.31. The quantitative estimate of drug-likeness (QED) is 0.585. The average molecular weight is 279 g/mol. The molecule has 1 heteroatoms. The molecular formula is C19H15Cl. The minimum absolute atomic E-state index is 0.833. The van der Waals surface area contributed by atoms with Gasteiger partial charge in [0, 0.05) is 5.02 Å². The first-order valence-corrected chi connectivity index (χ1v) is 7.08. The smallest absolute Gasteiger partial charge is 0.0441 e. The topological polar surface area (TPSA) is 0 Å². The Morgan fingerprint density at radius 3 is 1.90 bits per heavy atom. The van der Waals surface area contributed by atoms with Gasteiger partial charge in [0.1, 0.15) is 0 Å². The second-order valence-electron chi connectivity index (χ2n) is 4.83. The summed E-state index contributed by atoms with van der Waals surface area (Å²) in [5.74, 6) is 0. The summed E-state index contributed by atoms with van der Waals surface area (Å²) in [6.07, 6.45) is 0.870. The monoisotopic (exact) mass is 278 g/mol. The molecule has 20 heavy (non-hydrogen) atoms. The highest BCUT2D eigenvalue weighted by Gasteiger charge is 2.02. The predicted octanol–water partition coefficient (Wildman–Crippen LogP) is 5.60. The number of benzene rings is 3. The molecule has 0 saturated heterocycles. The molecule has 0 aromatic heterocycles. The summed E-state index contributed by atoms with van der Waals surface area (Å²) in [4.78, 5) is 0. The van der Waals surface area contributed by atoms with Crippen LogP contribution in [-0.4, -0.2) is 0 Å². The van der Waals surface area contributed by atoms with E-state index < -0.39 is 0 Å². The van der Waals surface area contributed by atoms with Crippen LogP contribution in [0, 0.1) is 0 Å². The third kappa shape index (κ3) is 2.92. The molecule has 0 saturated carbocycles. The maximum absolute atomic E-state index is 6.20. The highest BCUT2D eigenvalue weighted by Crippen LogP contribution is 2.22. The van der Waals surface area contributed by atoms with Crippen molar-refractivity contribution in [3.8, 4) is 11.1 Å². The van der Waals surface area contributed by atoms with Crippen LogP contribution >= 0.6 is 11.6 Å². The Hall–Kier alpha value is -2.05. The Bertz CT molecular complexity index is 684. The van der Waals surface area contributed by atoms with E-state index in [1.807, 2.05) is 24.3 Å². The summed E-state index contributed by atoms with van der Waals surface area (Å²) in [5, 5.41) is 0.833. The minimum Gasteiger partial charge on any atom is -0.0840 e. The van der Waals surface area contributed by atoms with Crippen LogP contribution in [0.2, 0.25) is 5.02 Å². The van der Waals surface area contributed by atoms with Gasteiger partial charge in [0.2, 0.25) is 0 Å². The van der Waals surface area contributed by atoms with Crippen LogP contribution in [0.4, 0.5) is 0 Å². The molecule has 0 unspecified atom stereocenters. The maximum atomic E-state index is 6.20. The molecule has 98 valence electrons. The summed E-state index contributed by atoms with van der Waals surface area (Å²) in [5.41, 5.74) is 4.93. The molecular weight excluding hydrogens is 264 g/mol. The van der Waals surface area contributed by atoms with Crippen molar-refractivity contribution in [3.05, 3.63) is 95.0 Å². The zero-order valence-corrected chi connectivity index (χ0v) is 11.8. The number of halogens is 1. The van der Waals surface area contributed by atoms with Gasteiger partial charge in [-0.15, -0.1) is 0 Å². The van der Waals surface area contributed by atoms with E-state index >= 15 is 0 Å². The van der Waals surface area contributed by atoms with Crippen molar-refractivity contribution in [2.24, 2.45) is 0 Å². The number of hydrogen-bond donors (Lipinski definition) is 0. The molecule has 3 rings (SSSR count). The summed E-state index contributed by atoms with van der Waals surface area (Å²) < 4.78 is 0. The van der Waals surface area contributed by atoms with E-state index in [1.165, 1.54) is 22.3 Å². The average Bonchev–Trinajstić information content (AvgIpc) is 2.51. The number of hydrogen-bond acceptors (Lipinski definition) is 0. The summed E-state index contributed by atoms with van der Waals surface area (Å²) in [6.45, 7) is 0. The molecule has 3 aromatic rings. The first kappa shape index (κ1) is 13.0. The molecule has 0 atom stereocenters. The summed E-state index contributed by atoms with van der Waals surface area (Å²) >= 11 is 6.20. The van der Waals surface area contributed by atoms with Crippen LogP contribution in [0.3, 0.4) is 0 Å². The second kappa shape index (κ2) is 5.94. The molecule has 0 amide bonds. The fourth-order valence-electron chi connectivity index (χ4n) is 2.31. The molecule has 0 aliphatic heterocycles. The van der Waals surface area contributed by atoms with E-state index in [2.05, 4.69) is 54.6 Å². The van der Waals surface area contributed by atoms with E-state index in [0.717, 1.165) is 11.4 Å². The third-order valence-corrected chi connectivity index (χ3v) is 3.78. The fraction of sp³-hybridized carbons (Fsp3) is 0.0526. The molecule has 0 radical (unpaired) electrons. The van der Waals surface area contributed by atoms with Crippen LogP contribution in [0.1, 0.15) is 11.1 Å². The normalized spacial score (nSPS) is 10.4. The van der Waals surface area contributed by atoms with Gasteiger partial charge in [-0.25, -0.2) is 0 Å². The molecule has 0 bridgehead atoms. The molecule has 0 fully saturated rings. The van der Waals surface area contributed by atoms with Crippen molar-refractivity contribution in [1.29, 1.82) is 0 Å². The first-order valence-electron chi connectivity index (χ1n) is 6.71. The van der Waals surface area contributed by atoms with Crippen molar-refractivity contribution in [3.63, 3.8) is 0 Å². The van der Waals surface area contributed by atoms with Gasteiger partial charge in [-0.1, -0.05) is 84.4 Å². The van der Waals surface area contributed by atoms with Gasteiger partial charge in [-0.2, -0.15) is 0 Å². The van der Waals surface area contributed by atoms with Crippen LogP contribution in [0.15, 0.2) is 78.9 Å². The van der Waals surface area contributed by atoms with Crippen molar-refractivity contribution in [2.45, 2.75) is 6.42 Å². The molecule has 3 aromatic carbocycles. The molecule has 0 aliphatic carbocycles. The molecule has 0 heterocycles. The first-order chi connectivity index (χ1) is 9.83. The molecule has 0 nitrogen and oxygen atoms in total. The van der Waals surface area contributed by atoms with Crippen molar-refractivity contribution >= 4 is 11.6 Å². The minimum atomic E-state index is 0.833. The highest BCUT2D eigenvalue weighted by atomic mass is 35.5. The van der Waals surface area contributed by atoms with Gasteiger partial charge < -0.3 is 0 Å². The van der Waals surface area contributed by atoms with Gasteiger partial charge in [0.05, 0.1) is 0 Å². The zero-order chi connectivity index (χ0) is 13.8. The summed E-state index contributed by atoms with van der Waals surface area (Å²) in [7, 11) is 0. The maximum Gasteiger partial charge on any atom is 0.0441 e. The Balaban J connectivity index is 1.82. The van der Waals surface area contributed by atoms with E-state index in [1.54, 1.807) is 0 Å². The Morgan fingerprint density at radius 2 is 1.20 bits per heavy atom. The fourth-order valence-corrected chi connectivity index (χ4v) is 2.51. The van der Waals surface area contributed by atoms with Gasteiger partial charge >= 0.3 is 0 Å². The lowest BCUT2D eigenvalue weighted by molar-refractivity contribution is 1.19. The molecule has 0 N–H and O–H groups in total. The van der Waals surface area contributed by atoms with Gasteiger partial charge in [-0.3, -0.25) is 0 Å². The summed E-state index contributed by atoms with van der Waals surface area (Å²) in [6, 6.07) is 27.1.